The zero-order valence-electron chi connectivity index (χ0n) is 10.5. The third kappa shape index (κ3) is 4.05. The van der Waals surface area contributed by atoms with E-state index in [1.807, 2.05) is 13.8 Å². The molecule has 1 aromatic heterocycles. The van der Waals surface area contributed by atoms with E-state index < -0.39 is 6.43 Å². The average Bonchev–Trinajstić information content (AvgIpc) is 2.50. The van der Waals surface area contributed by atoms with Crippen molar-refractivity contribution in [2.75, 3.05) is 20.3 Å². The molecule has 0 radical (unpaired) electrons. The second-order valence-electron chi connectivity index (χ2n) is 3.89. The molecule has 0 spiro atoms. The molecule has 0 aromatic carbocycles. The van der Waals surface area contributed by atoms with Crippen LogP contribution in [-0.2, 0) is 17.8 Å². The van der Waals surface area contributed by atoms with E-state index in [0.29, 0.717) is 13.2 Å². The van der Waals surface area contributed by atoms with Gasteiger partial charge >= 0.3 is 0 Å². The van der Waals surface area contributed by atoms with E-state index in [4.69, 9.17) is 4.74 Å². The van der Waals surface area contributed by atoms with E-state index in [2.05, 4.69) is 10.4 Å². The number of aryl methyl sites for hydroxylation is 1. The topological polar surface area (TPSA) is 39.1 Å². The van der Waals surface area contributed by atoms with Gasteiger partial charge in [-0.15, -0.1) is 0 Å². The van der Waals surface area contributed by atoms with E-state index in [-0.39, 0.29) is 6.54 Å². The van der Waals surface area contributed by atoms with Gasteiger partial charge < -0.3 is 10.1 Å². The molecule has 1 aromatic rings. The molecule has 0 atom stereocenters. The van der Waals surface area contributed by atoms with Gasteiger partial charge in [-0.25, -0.2) is 8.78 Å². The van der Waals surface area contributed by atoms with Gasteiger partial charge in [-0.3, -0.25) is 4.68 Å². The van der Waals surface area contributed by atoms with Crippen molar-refractivity contribution in [2.24, 2.45) is 0 Å². The Labute approximate surface area is 100.0 Å². The molecule has 0 bridgehead atoms. The van der Waals surface area contributed by atoms with Crippen LogP contribution in [0, 0.1) is 13.8 Å². The Kier molecular flexibility index (Phi) is 5.50. The molecule has 0 saturated heterocycles. The van der Waals surface area contributed by atoms with Crippen molar-refractivity contribution in [3.63, 3.8) is 0 Å². The van der Waals surface area contributed by atoms with Crippen molar-refractivity contribution in [3.8, 4) is 0 Å². The summed E-state index contributed by atoms with van der Waals surface area (Å²) in [6.45, 7) is 5.30. The second-order valence-corrected chi connectivity index (χ2v) is 3.89. The molecule has 1 heterocycles. The van der Waals surface area contributed by atoms with Crippen LogP contribution < -0.4 is 5.32 Å². The van der Waals surface area contributed by atoms with Crippen molar-refractivity contribution in [3.05, 3.63) is 17.0 Å². The van der Waals surface area contributed by atoms with Crippen LogP contribution >= 0.6 is 0 Å². The fourth-order valence-corrected chi connectivity index (χ4v) is 1.69. The maximum atomic E-state index is 12.3. The molecule has 6 heteroatoms. The van der Waals surface area contributed by atoms with E-state index in [0.717, 1.165) is 23.5 Å². The molecule has 0 saturated carbocycles. The maximum absolute atomic E-state index is 12.3. The molecule has 0 amide bonds. The highest BCUT2D eigenvalue weighted by Crippen LogP contribution is 2.13. The second kappa shape index (κ2) is 6.66. The lowest BCUT2D eigenvalue weighted by Gasteiger charge is -2.06. The molecular formula is C11H19F2N3O. The van der Waals surface area contributed by atoms with Gasteiger partial charge in [0.05, 0.1) is 12.3 Å². The Bertz CT molecular complexity index is 353. The summed E-state index contributed by atoms with van der Waals surface area (Å²) in [6.07, 6.45) is -2.37. The van der Waals surface area contributed by atoms with Crippen molar-refractivity contribution in [1.82, 2.24) is 15.1 Å². The molecule has 4 nitrogen and oxygen atoms in total. The van der Waals surface area contributed by atoms with Gasteiger partial charge in [0, 0.05) is 31.5 Å². The van der Waals surface area contributed by atoms with Gasteiger partial charge in [0.1, 0.15) is 6.54 Å². The lowest BCUT2D eigenvalue weighted by Crippen LogP contribution is -2.19. The molecule has 0 aliphatic carbocycles. The van der Waals surface area contributed by atoms with Crippen LogP contribution in [-0.4, -0.2) is 36.5 Å². The first kappa shape index (κ1) is 14.1. The SMILES string of the molecule is COCCNCc1c(C)nn(CC(F)F)c1C. The number of aromatic nitrogens is 2. The number of rotatable bonds is 7. The van der Waals surface area contributed by atoms with Gasteiger partial charge in [-0.2, -0.15) is 5.10 Å². The molecule has 1 N–H and O–H groups in total. The van der Waals surface area contributed by atoms with Crippen LogP contribution in [0.15, 0.2) is 0 Å². The summed E-state index contributed by atoms with van der Waals surface area (Å²) in [5.41, 5.74) is 2.59. The van der Waals surface area contributed by atoms with Crippen molar-refractivity contribution < 1.29 is 13.5 Å². The monoisotopic (exact) mass is 247 g/mol. The summed E-state index contributed by atoms with van der Waals surface area (Å²) < 4.78 is 30.9. The largest absolute Gasteiger partial charge is 0.383 e. The lowest BCUT2D eigenvalue weighted by atomic mass is 10.2. The van der Waals surface area contributed by atoms with Crippen LogP contribution in [0.5, 0.6) is 0 Å². The zero-order chi connectivity index (χ0) is 12.8. The maximum Gasteiger partial charge on any atom is 0.257 e. The van der Waals surface area contributed by atoms with E-state index in [1.54, 1.807) is 7.11 Å². The summed E-state index contributed by atoms with van der Waals surface area (Å²) >= 11 is 0. The van der Waals surface area contributed by atoms with Crippen molar-refractivity contribution >= 4 is 0 Å². The molecular weight excluding hydrogens is 228 g/mol. The first-order chi connectivity index (χ1) is 8.06. The molecule has 0 unspecified atom stereocenters. The van der Waals surface area contributed by atoms with Crippen molar-refractivity contribution in [2.45, 2.75) is 33.4 Å². The number of halogens is 2. The minimum atomic E-state index is -2.37. The summed E-state index contributed by atoms with van der Waals surface area (Å²) in [4.78, 5) is 0. The minimum Gasteiger partial charge on any atom is -0.383 e. The van der Waals surface area contributed by atoms with Gasteiger partial charge in [0.2, 0.25) is 0 Å². The number of ether oxygens (including phenoxy) is 1. The molecule has 17 heavy (non-hydrogen) atoms. The van der Waals surface area contributed by atoms with Gasteiger partial charge in [-0.05, 0) is 13.8 Å². The Morgan fingerprint density at radius 3 is 2.71 bits per heavy atom. The van der Waals surface area contributed by atoms with Crippen LogP contribution in [0.3, 0.4) is 0 Å². The van der Waals surface area contributed by atoms with Gasteiger partial charge in [0.15, 0.2) is 0 Å². The number of hydrogen-bond donors (Lipinski definition) is 1. The fourth-order valence-electron chi connectivity index (χ4n) is 1.69. The van der Waals surface area contributed by atoms with Crippen LogP contribution in [0.4, 0.5) is 8.78 Å². The average molecular weight is 247 g/mol. The van der Waals surface area contributed by atoms with Crippen LogP contribution in [0.2, 0.25) is 0 Å². The van der Waals surface area contributed by atoms with E-state index in [9.17, 15) is 8.78 Å². The summed E-state index contributed by atoms with van der Waals surface area (Å²) in [7, 11) is 1.64. The molecule has 98 valence electrons. The Hall–Kier alpha value is -1.01. The number of alkyl halides is 2. The highest BCUT2D eigenvalue weighted by Gasteiger charge is 2.13. The predicted octanol–water partition coefficient (Wildman–Crippen LogP) is 1.50. The van der Waals surface area contributed by atoms with Crippen molar-refractivity contribution in [1.29, 1.82) is 0 Å². The smallest absolute Gasteiger partial charge is 0.257 e. The highest BCUT2D eigenvalue weighted by atomic mass is 19.3. The van der Waals surface area contributed by atoms with Gasteiger partial charge in [0.25, 0.3) is 6.43 Å². The van der Waals surface area contributed by atoms with Crippen LogP contribution in [0.1, 0.15) is 17.0 Å². The minimum absolute atomic E-state index is 0.343. The number of nitrogens with one attached hydrogen (secondary N) is 1. The summed E-state index contributed by atoms with van der Waals surface area (Å²) in [5.74, 6) is 0. The third-order valence-corrected chi connectivity index (χ3v) is 2.63. The standard InChI is InChI=1S/C11H19F2N3O/c1-8-10(6-14-4-5-17-3)9(2)16(15-8)7-11(12)13/h11,14H,4-7H2,1-3H3. The Balaban J connectivity index is 2.62. The van der Waals surface area contributed by atoms with E-state index in [1.165, 1.54) is 4.68 Å². The summed E-state index contributed by atoms with van der Waals surface area (Å²) in [6, 6.07) is 0. The Morgan fingerprint density at radius 2 is 2.12 bits per heavy atom. The molecule has 0 fully saturated rings. The third-order valence-electron chi connectivity index (χ3n) is 2.63. The van der Waals surface area contributed by atoms with E-state index >= 15 is 0 Å². The zero-order valence-corrected chi connectivity index (χ0v) is 10.5. The fraction of sp³-hybridized carbons (Fsp3) is 0.727. The highest BCUT2D eigenvalue weighted by molar-refractivity contribution is 5.24. The number of methoxy groups -OCH3 is 1. The molecule has 1 rings (SSSR count). The predicted molar refractivity (Wildman–Crippen MR) is 61.3 cm³/mol. The first-order valence-electron chi connectivity index (χ1n) is 5.57. The Morgan fingerprint density at radius 1 is 1.41 bits per heavy atom. The molecule has 0 aliphatic heterocycles. The van der Waals surface area contributed by atoms with Crippen LogP contribution in [0.25, 0.3) is 0 Å². The first-order valence-corrected chi connectivity index (χ1v) is 5.57. The summed E-state index contributed by atoms with van der Waals surface area (Å²) in [5, 5.41) is 7.30. The number of nitrogens with zero attached hydrogens (tertiary/aromatic N) is 2. The quantitative estimate of drug-likeness (QED) is 0.742. The lowest BCUT2D eigenvalue weighted by molar-refractivity contribution is 0.121. The molecule has 0 aliphatic rings. The number of hydrogen-bond acceptors (Lipinski definition) is 3. The van der Waals surface area contributed by atoms with Gasteiger partial charge in [-0.1, -0.05) is 0 Å². The normalized spacial score (nSPS) is 11.4.